The van der Waals surface area contributed by atoms with Crippen molar-refractivity contribution in [1.29, 1.82) is 0 Å². The van der Waals surface area contributed by atoms with Gasteiger partial charge in [-0.05, 0) is 122 Å². The van der Waals surface area contributed by atoms with Gasteiger partial charge in [-0.15, -0.1) is 0 Å². The summed E-state index contributed by atoms with van der Waals surface area (Å²) in [5, 5.41) is 23.0. The lowest BCUT2D eigenvalue weighted by Gasteiger charge is -2.19. The lowest BCUT2D eigenvalue weighted by molar-refractivity contribution is -0.123. The van der Waals surface area contributed by atoms with Gasteiger partial charge in [-0.1, -0.05) is 248 Å². The summed E-state index contributed by atoms with van der Waals surface area (Å²) in [5.74, 6) is -0.106. The maximum Gasteiger partial charge on any atom is 0.220 e. The number of carbonyl (C=O) groups excluding carboxylic acids is 1. The van der Waals surface area contributed by atoms with Crippen LogP contribution in [0, 0.1) is 0 Å². The van der Waals surface area contributed by atoms with Gasteiger partial charge in [0.2, 0.25) is 5.91 Å². The van der Waals surface area contributed by atoms with Crippen LogP contribution in [0.2, 0.25) is 0 Å². The van der Waals surface area contributed by atoms with Crippen LogP contribution in [0.25, 0.3) is 0 Å². The predicted octanol–water partition coefficient (Wildman–Crippen LogP) is 18.4. The molecule has 0 fully saturated rings. The van der Waals surface area contributed by atoms with Gasteiger partial charge in [0.15, 0.2) is 0 Å². The van der Waals surface area contributed by atoms with E-state index < -0.39 is 12.1 Å². The number of carbonyl (C=O) groups is 1. The highest BCUT2D eigenvalue weighted by Crippen LogP contribution is 2.12. The Hall–Kier alpha value is -4.25. The molecule has 0 aromatic carbocycles. The fourth-order valence-corrected chi connectivity index (χ4v) is 7.06. The normalized spacial score (nSPS) is 14.2. The molecule has 0 saturated heterocycles. The zero-order valence-electron chi connectivity index (χ0n) is 43.5. The number of allylic oxidation sites excluding steroid dienone is 27. The summed E-state index contributed by atoms with van der Waals surface area (Å²) in [7, 11) is 0. The van der Waals surface area contributed by atoms with Crippen molar-refractivity contribution in [3.05, 3.63) is 170 Å². The summed E-state index contributed by atoms with van der Waals surface area (Å²) in [6.07, 6.45) is 93.5. The fraction of sp³-hybridized carbons (Fsp3) is 0.547. The minimum Gasteiger partial charge on any atom is -0.394 e. The molecular formula is C64H101NO3. The highest BCUT2D eigenvalue weighted by atomic mass is 16.3. The molecule has 380 valence electrons. The molecule has 0 aliphatic carbocycles. The van der Waals surface area contributed by atoms with Crippen LogP contribution in [-0.2, 0) is 4.79 Å². The Bertz CT molecular complexity index is 1520. The lowest BCUT2D eigenvalue weighted by atomic mass is 10.1. The molecule has 4 nitrogen and oxygen atoms in total. The van der Waals surface area contributed by atoms with Gasteiger partial charge in [-0.3, -0.25) is 4.79 Å². The Morgan fingerprint density at radius 3 is 1.03 bits per heavy atom. The van der Waals surface area contributed by atoms with Gasteiger partial charge < -0.3 is 15.5 Å². The summed E-state index contributed by atoms with van der Waals surface area (Å²) < 4.78 is 0. The van der Waals surface area contributed by atoms with Gasteiger partial charge in [-0.2, -0.15) is 0 Å². The SMILES string of the molecule is CC/C=C\C/C=C\C/C=C\C/C=C\C/C=C\C/C=C\C/C=C\C/C=C\C/C=C\C/C=C\C/C=C\C/C=C\CCCCCCC(=O)NC(CO)C(O)/C=C/CC/C=C/CCCCCCCCCCC. The third kappa shape index (κ3) is 52.7. The molecule has 0 spiro atoms. The van der Waals surface area contributed by atoms with Crippen LogP contribution in [0.4, 0.5) is 0 Å². The minimum absolute atomic E-state index is 0.106. The summed E-state index contributed by atoms with van der Waals surface area (Å²) in [5.41, 5.74) is 0. The van der Waals surface area contributed by atoms with Crippen LogP contribution in [0.5, 0.6) is 0 Å². The maximum atomic E-state index is 12.4. The zero-order chi connectivity index (χ0) is 49.2. The summed E-state index contributed by atoms with van der Waals surface area (Å²) in [6, 6.07) is -0.665. The third-order valence-electron chi connectivity index (χ3n) is 11.2. The van der Waals surface area contributed by atoms with E-state index in [1.54, 1.807) is 6.08 Å². The smallest absolute Gasteiger partial charge is 0.220 e. The molecule has 0 aliphatic heterocycles. The second kappa shape index (κ2) is 57.1. The maximum absolute atomic E-state index is 12.4. The molecule has 0 radical (unpaired) electrons. The molecule has 4 heteroatoms. The number of nitrogens with one attached hydrogen (secondary N) is 1. The molecule has 0 rings (SSSR count). The molecule has 2 atom stereocenters. The number of rotatable bonds is 47. The van der Waals surface area contributed by atoms with Gasteiger partial charge in [0.1, 0.15) is 0 Å². The monoisotopic (exact) mass is 932 g/mol. The molecule has 2 unspecified atom stereocenters. The largest absolute Gasteiger partial charge is 0.394 e. The van der Waals surface area contributed by atoms with Crippen molar-refractivity contribution in [2.45, 2.75) is 219 Å². The lowest BCUT2D eigenvalue weighted by Crippen LogP contribution is -2.45. The molecule has 0 aromatic heterocycles. The summed E-state index contributed by atoms with van der Waals surface area (Å²) in [6.45, 7) is 4.15. The molecule has 3 N–H and O–H groups in total. The van der Waals surface area contributed by atoms with Gasteiger partial charge in [0, 0.05) is 6.42 Å². The third-order valence-corrected chi connectivity index (χ3v) is 11.2. The van der Waals surface area contributed by atoms with Crippen LogP contribution in [0.15, 0.2) is 170 Å². The van der Waals surface area contributed by atoms with Gasteiger partial charge in [-0.25, -0.2) is 0 Å². The highest BCUT2D eigenvalue weighted by Gasteiger charge is 2.17. The molecule has 68 heavy (non-hydrogen) atoms. The van der Waals surface area contributed by atoms with Crippen LogP contribution >= 0.6 is 0 Å². The van der Waals surface area contributed by atoms with Crippen LogP contribution in [0.3, 0.4) is 0 Å². The zero-order valence-corrected chi connectivity index (χ0v) is 43.5. The van der Waals surface area contributed by atoms with E-state index in [2.05, 4.69) is 177 Å². The van der Waals surface area contributed by atoms with Crippen molar-refractivity contribution in [1.82, 2.24) is 5.32 Å². The van der Waals surface area contributed by atoms with E-state index >= 15 is 0 Å². The second-order valence-electron chi connectivity index (χ2n) is 17.6. The van der Waals surface area contributed by atoms with Crippen LogP contribution in [0.1, 0.15) is 206 Å². The van der Waals surface area contributed by atoms with Crippen molar-refractivity contribution in [2.24, 2.45) is 0 Å². The Morgan fingerprint density at radius 1 is 0.368 bits per heavy atom. The number of aliphatic hydroxyl groups is 2. The Balaban J connectivity index is 3.74. The number of aliphatic hydroxyl groups excluding tert-OH is 2. The number of amides is 1. The Morgan fingerprint density at radius 2 is 0.662 bits per heavy atom. The van der Waals surface area contributed by atoms with E-state index in [0.29, 0.717) is 6.42 Å². The van der Waals surface area contributed by atoms with Crippen molar-refractivity contribution >= 4 is 5.91 Å². The predicted molar refractivity (Wildman–Crippen MR) is 303 cm³/mol. The molecule has 0 aromatic rings. The molecular weight excluding hydrogens is 831 g/mol. The van der Waals surface area contributed by atoms with Crippen molar-refractivity contribution < 1.29 is 15.0 Å². The van der Waals surface area contributed by atoms with E-state index in [4.69, 9.17) is 0 Å². The topological polar surface area (TPSA) is 69.6 Å². The molecule has 0 bridgehead atoms. The average Bonchev–Trinajstić information content (AvgIpc) is 3.34. The number of hydrogen-bond donors (Lipinski definition) is 3. The second-order valence-corrected chi connectivity index (χ2v) is 17.6. The highest BCUT2D eigenvalue weighted by molar-refractivity contribution is 5.76. The standard InChI is InChI=1S/C64H101NO3/c1-3-5-7-9-11-13-15-17-19-20-21-22-23-24-25-26-27-28-29-30-31-32-33-34-35-36-37-38-39-40-41-42-43-44-46-48-50-52-54-56-58-60-64(68)65-62(61-66)63(67)59-57-55-53-51-49-47-45-18-16-14-12-10-8-6-4-2/h5,7,11,13,17,19,21-22,24-25,27-28,30-31,33-34,36-37,39-40,42-43,46,48-49,51,57,59,62-63,66-67H,3-4,6,8-10,12,14-16,18,20,23,26,29,32,35,38,41,44-45,47,50,52-56,58,60-61H2,1-2H3,(H,65,68)/b7-5-,13-11-,19-17-,22-21-,25-24-,28-27-,31-30-,34-33-,37-36-,40-39-,43-42-,48-46-,51-49+,59-57+. The van der Waals surface area contributed by atoms with Crippen LogP contribution in [-0.4, -0.2) is 34.9 Å². The first kappa shape index (κ1) is 63.8. The quantitative estimate of drug-likeness (QED) is 0.0421. The first-order valence-electron chi connectivity index (χ1n) is 27.3. The van der Waals surface area contributed by atoms with Crippen molar-refractivity contribution in [3.8, 4) is 0 Å². The van der Waals surface area contributed by atoms with Gasteiger partial charge >= 0.3 is 0 Å². The first-order chi connectivity index (χ1) is 33.7. The van der Waals surface area contributed by atoms with E-state index in [9.17, 15) is 15.0 Å². The van der Waals surface area contributed by atoms with E-state index in [1.165, 1.54) is 57.8 Å². The van der Waals surface area contributed by atoms with Gasteiger partial charge in [0.05, 0.1) is 18.8 Å². The van der Waals surface area contributed by atoms with E-state index in [1.807, 2.05) is 6.08 Å². The van der Waals surface area contributed by atoms with Crippen molar-refractivity contribution in [2.75, 3.05) is 6.61 Å². The fourth-order valence-electron chi connectivity index (χ4n) is 7.06. The van der Waals surface area contributed by atoms with Gasteiger partial charge in [0.25, 0.3) is 0 Å². The Kier molecular flexibility index (Phi) is 53.5. The minimum atomic E-state index is -0.885. The number of hydrogen-bond acceptors (Lipinski definition) is 3. The first-order valence-corrected chi connectivity index (χ1v) is 27.3. The van der Waals surface area contributed by atoms with Crippen LogP contribution < -0.4 is 5.32 Å². The summed E-state index contributed by atoms with van der Waals surface area (Å²) >= 11 is 0. The summed E-state index contributed by atoms with van der Waals surface area (Å²) in [4.78, 5) is 12.4. The molecule has 1 amide bonds. The van der Waals surface area contributed by atoms with E-state index in [-0.39, 0.29) is 12.5 Å². The average molecular weight is 933 g/mol. The number of unbranched alkanes of at least 4 members (excludes halogenated alkanes) is 14. The Labute approximate surface area is 419 Å². The molecule has 0 saturated carbocycles. The van der Waals surface area contributed by atoms with E-state index in [0.717, 1.165) is 128 Å². The van der Waals surface area contributed by atoms with Crippen molar-refractivity contribution in [3.63, 3.8) is 0 Å². The molecule has 0 heterocycles. The molecule has 0 aliphatic rings.